The van der Waals surface area contributed by atoms with Crippen molar-refractivity contribution in [2.24, 2.45) is 0 Å². The molecule has 0 aromatic heterocycles. The molecule has 0 spiro atoms. The largest absolute Gasteiger partial charge is 0.508 e. The van der Waals surface area contributed by atoms with Crippen LogP contribution < -0.4 is 10.6 Å². The monoisotopic (exact) mass is 361 g/mol. The van der Waals surface area contributed by atoms with Gasteiger partial charge in [-0.2, -0.15) is 5.26 Å². The zero-order valence-corrected chi connectivity index (χ0v) is 14.1. The summed E-state index contributed by atoms with van der Waals surface area (Å²) in [5.74, 6) is -0.471. The van der Waals surface area contributed by atoms with E-state index in [1.165, 1.54) is 18.3 Å². The Kier molecular flexibility index (Phi) is 5.69. The molecule has 0 saturated carbocycles. The van der Waals surface area contributed by atoms with E-state index < -0.39 is 5.91 Å². The summed E-state index contributed by atoms with van der Waals surface area (Å²) in [7, 11) is 0. The number of anilines is 2. The van der Waals surface area contributed by atoms with Crippen LogP contribution in [0.15, 0.2) is 48.2 Å². The summed E-state index contributed by atoms with van der Waals surface area (Å²) < 4.78 is 0. The SMILES string of the molecule is Cc1cc(O)ccc1NC(=O)/C(C#N)=C\Nc1ccc(Cl)c(Cl)c1. The molecule has 1 amide bonds. The summed E-state index contributed by atoms with van der Waals surface area (Å²) in [5, 5.41) is 24.7. The van der Waals surface area contributed by atoms with Gasteiger partial charge in [0.2, 0.25) is 0 Å². The topological polar surface area (TPSA) is 85.2 Å². The van der Waals surface area contributed by atoms with Crippen LogP contribution in [0.5, 0.6) is 5.75 Å². The summed E-state index contributed by atoms with van der Waals surface area (Å²) in [6.07, 6.45) is 1.28. The van der Waals surface area contributed by atoms with Crippen molar-refractivity contribution in [3.05, 3.63) is 63.8 Å². The molecule has 0 heterocycles. The lowest BCUT2D eigenvalue weighted by Gasteiger charge is -2.08. The first-order chi connectivity index (χ1) is 11.4. The van der Waals surface area contributed by atoms with Crippen molar-refractivity contribution in [2.75, 3.05) is 10.6 Å². The summed E-state index contributed by atoms with van der Waals surface area (Å²) in [4.78, 5) is 12.2. The molecule has 2 aromatic carbocycles. The first-order valence-corrected chi connectivity index (χ1v) is 7.59. The number of amides is 1. The van der Waals surface area contributed by atoms with Crippen LogP contribution >= 0.6 is 23.2 Å². The number of nitrogens with one attached hydrogen (secondary N) is 2. The van der Waals surface area contributed by atoms with E-state index in [4.69, 9.17) is 28.5 Å². The molecule has 0 unspecified atom stereocenters. The van der Waals surface area contributed by atoms with Crippen molar-refractivity contribution in [3.63, 3.8) is 0 Å². The Bertz CT molecular complexity index is 857. The Hall–Kier alpha value is -2.68. The molecule has 0 aliphatic rings. The minimum Gasteiger partial charge on any atom is -0.508 e. The number of halogens is 2. The molecule has 0 saturated heterocycles. The van der Waals surface area contributed by atoms with Crippen LogP contribution in [0.3, 0.4) is 0 Å². The number of hydrogen-bond acceptors (Lipinski definition) is 4. The number of aryl methyl sites for hydroxylation is 1. The van der Waals surface area contributed by atoms with Crippen LogP contribution in [0, 0.1) is 18.3 Å². The van der Waals surface area contributed by atoms with Gasteiger partial charge in [-0.15, -0.1) is 0 Å². The van der Waals surface area contributed by atoms with E-state index in [0.29, 0.717) is 27.0 Å². The molecule has 3 N–H and O–H groups in total. The maximum Gasteiger partial charge on any atom is 0.267 e. The zero-order valence-electron chi connectivity index (χ0n) is 12.6. The van der Waals surface area contributed by atoms with Gasteiger partial charge < -0.3 is 15.7 Å². The quantitative estimate of drug-likeness (QED) is 0.426. The normalized spacial score (nSPS) is 10.8. The van der Waals surface area contributed by atoms with E-state index in [0.717, 1.165) is 0 Å². The molecule has 0 atom stereocenters. The van der Waals surface area contributed by atoms with Crippen LogP contribution in [-0.4, -0.2) is 11.0 Å². The molecule has 2 aromatic rings. The molecular weight excluding hydrogens is 349 g/mol. The van der Waals surface area contributed by atoms with Crippen molar-refractivity contribution in [1.82, 2.24) is 0 Å². The van der Waals surface area contributed by atoms with Crippen LogP contribution in [0.1, 0.15) is 5.56 Å². The number of carbonyl (C=O) groups excluding carboxylic acids is 1. The lowest BCUT2D eigenvalue weighted by Crippen LogP contribution is -2.15. The zero-order chi connectivity index (χ0) is 17.7. The number of aromatic hydroxyl groups is 1. The van der Waals surface area contributed by atoms with E-state index in [1.807, 2.05) is 6.07 Å². The van der Waals surface area contributed by atoms with Gasteiger partial charge in [0, 0.05) is 17.6 Å². The number of phenolic OH excluding ortho intramolecular Hbond substituents is 1. The average molecular weight is 362 g/mol. The minimum absolute atomic E-state index is 0.0998. The summed E-state index contributed by atoms with van der Waals surface area (Å²) in [6, 6.07) is 11.2. The van der Waals surface area contributed by atoms with Crippen LogP contribution in [-0.2, 0) is 4.79 Å². The van der Waals surface area contributed by atoms with Crippen molar-refractivity contribution < 1.29 is 9.90 Å². The van der Waals surface area contributed by atoms with Gasteiger partial charge in [0.05, 0.1) is 10.0 Å². The Labute approximate surface area is 149 Å². The van der Waals surface area contributed by atoms with Gasteiger partial charge in [-0.25, -0.2) is 0 Å². The summed E-state index contributed by atoms with van der Waals surface area (Å²) in [5.41, 5.74) is 1.66. The summed E-state index contributed by atoms with van der Waals surface area (Å²) in [6.45, 7) is 1.74. The van der Waals surface area contributed by atoms with Gasteiger partial charge >= 0.3 is 0 Å². The van der Waals surface area contributed by atoms with E-state index in [9.17, 15) is 9.90 Å². The third-order valence-corrected chi connectivity index (χ3v) is 3.87. The van der Waals surface area contributed by atoms with Crippen molar-refractivity contribution in [1.29, 1.82) is 5.26 Å². The van der Waals surface area contributed by atoms with Crippen molar-refractivity contribution >= 4 is 40.5 Å². The maximum absolute atomic E-state index is 12.2. The van der Waals surface area contributed by atoms with E-state index in [-0.39, 0.29) is 11.3 Å². The molecule has 24 heavy (non-hydrogen) atoms. The molecule has 0 aliphatic carbocycles. The number of nitrogens with zero attached hydrogens (tertiary/aromatic N) is 1. The Morgan fingerprint density at radius 2 is 1.96 bits per heavy atom. The highest BCUT2D eigenvalue weighted by atomic mass is 35.5. The van der Waals surface area contributed by atoms with Crippen LogP contribution in [0.2, 0.25) is 10.0 Å². The lowest BCUT2D eigenvalue weighted by atomic mass is 10.2. The second-order valence-corrected chi connectivity index (χ2v) is 5.71. The summed E-state index contributed by atoms with van der Waals surface area (Å²) >= 11 is 11.7. The lowest BCUT2D eigenvalue weighted by molar-refractivity contribution is -0.112. The molecule has 122 valence electrons. The maximum atomic E-state index is 12.2. The first kappa shape index (κ1) is 17.7. The van der Waals surface area contributed by atoms with Crippen LogP contribution in [0.25, 0.3) is 0 Å². The highest BCUT2D eigenvalue weighted by Gasteiger charge is 2.11. The van der Waals surface area contributed by atoms with Gasteiger partial charge in [0.15, 0.2) is 0 Å². The van der Waals surface area contributed by atoms with Gasteiger partial charge in [-0.1, -0.05) is 23.2 Å². The van der Waals surface area contributed by atoms with Crippen LogP contribution in [0.4, 0.5) is 11.4 Å². The predicted molar refractivity (Wildman–Crippen MR) is 95.3 cm³/mol. The third kappa shape index (κ3) is 4.42. The number of carbonyl (C=O) groups is 1. The molecule has 0 radical (unpaired) electrons. The second kappa shape index (κ2) is 7.73. The second-order valence-electron chi connectivity index (χ2n) is 4.90. The van der Waals surface area contributed by atoms with Gasteiger partial charge in [0.1, 0.15) is 17.4 Å². The molecule has 5 nitrogen and oxygen atoms in total. The van der Waals surface area contributed by atoms with E-state index in [1.54, 1.807) is 31.2 Å². The Morgan fingerprint density at radius 3 is 2.58 bits per heavy atom. The number of phenols is 1. The van der Waals surface area contributed by atoms with Gasteiger partial charge in [0.25, 0.3) is 5.91 Å². The molecule has 0 aliphatic heterocycles. The van der Waals surface area contributed by atoms with Gasteiger partial charge in [-0.3, -0.25) is 4.79 Å². The number of nitriles is 1. The smallest absolute Gasteiger partial charge is 0.267 e. The molecule has 2 rings (SSSR count). The van der Waals surface area contributed by atoms with Gasteiger partial charge in [-0.05, 0) is 48.9 Å². The standard InChI is InChI=1S/C17H13Cl2N3O2/c1-10-6-13(23)3-5-16(10)22-17(24)11(8-20)9-21-12-2-4-14(18)15(19)7-12/h2-7,9,21,23H,1H3,(H,22,24)/b11-9-. The molecule has 0 fully saturated rings. The molecule has 0 bridgehead atoms. The molecular formula is C17H13Cl2N3O2. The predicted octanol–water partition coefficient (Wildman–Crippen LogP) is 4.47. The minimum atomic E-state index is -0.571. The fourth-order valence-electron chi connectivity index (χ4n) is 1.87. The van der Waals surface area contributed by atoms with Crippen molar-refractivity contribution in [2.45, 2.75) is 6.92 Å². The molecule has 7 heteroatoms. The highest BCUT2D eigenvalue weighted by Crippen LogP contribution is 2.25. The fourth-order valence-corrected chi connectivity index (χ4v) is 2.17. The average Bonchev–Trinajstić information content (AvgIpc) is 2.54. The number of hydrogen-bond donors (Lipinski definition) is 3. The number of benzene rings is 2. The third-order valence-electron chi connectivity index (χ3n) is 3.13. The number of rotatable bonds is 4. The Balaban J connectivity index is 2.13. The van der Waals surface area contributed by atoms with E-state index >= 15 is 0 Å². The first-order valence-electron chi connectivity index (χ1n) is 6.83. The fraction of sp³-hybridized carbons (Fsp3) is 0.0588. The Morgan fingerprint density at radius 1 is 1.21 bits per heavy atom. The van der Waals surface area contributed by atoms with E-state index in [2.05, 4.69) is 10.6 Å². The van der Waals surface area contributed by atoms with Crippen molar-refractivity contribution in [3.8, 4) is 11.8 Å². The highest BCUT2D eigenvalue weighted by molar-refractivity contribution is 6.42.